The van der Waals surface area contributed by atoms with Crippen LogP contribution in [-0.4, -0.2) is 15.0 Å². The number of hydrogen-bond donors (Lipinski definition) is 2. The lowest BCUT2D eigenvalue weighted by molar-refractivity contribution is 0.891. The molecule has 0 aliphatic heterocycles. The number of H-pyrrole nitrogens is 2. The Morgan fingerprint density at radius 1 is 0.607 bits per heavy atom. The number of pyridine rings is 1. The molecule has 2 aromatic carbocycles. The summed E-state index contributed by atoms with van der Waals surface area (Å²) >= 11 is 0. The SMILES string of the molecule is c1ccc2c3c([nH]c2c1)-c1nc2c(cc1CC3)CCc1c-2[nH]c2ccccc12. The van der Waals surface area contributed by atoms with Gasteiger partial charge in [-0.2, -0.15) is 0 Å². The second kappa shape index (κ2) is 5.14. The molecule has 0 unspecified atom stereocenters. The van der Waals surface area contributed by atoms with Crippen LogP contribution in [0.3, 0.4) is 0 Å². The first-order valence-electron chi connectivity index (χ1n) is 10.1. The van der Waals surface area contributed by atoms with Crippen molar-refractivity contribution in [1.82, 2.24) is 15.0 Å². The van der Waals surface area contributed by atoms with Crippen molar-refractivity contribution in [3.05, 3.63) is 76.9 Å². The van der Waals surface area contributed by atoms with Gasteiger partial charge < -0.3 is 9.97 Å². The third kappa shape index (κ3) is 1.81. The van der Waals surface area contributed by atoms with E-state index in [2.05, 4.69) is 64.6 Å². The van der Waals surface area contributed by atoms with Gasteiger partial charge in [-0.15, -0.1) is 0 Å². The predicted octanol–water partition coefficient (Wildman–Crippen LogP) is 5.58. The highest BCUT2D eigenvalue weighted by atomic mass is 14.9. The van der Waals surface area contributed by atoms with E-state index in [1.54, 1.807) is 0 Å². The molecular formula is C25H19N3. The normalized spacial score (nSPS) is 14.6. The molecule has 5 aromatic rings. The van der Waals surface area contributed by atoms with E-state index < -0.39 is 0 Å². The van der Waals surface area contributed by atoms with Crippen LogP contribution in [-0.2, 0) is 25.7 Å². The number of para-hydroxylation sites is 2. The topological polar surface area (TPSA) is 44.5 Å². The summed E-state index contributed by atoms with van der Waals surface area (Å²) in [4.78, 5) is 12.6. The minimum Gasteiger partial charge on any atom is -0.353 e. The van der Waals surface area contributed by atoms with Crippen molar-refractivity contribution in [3.63, 3.8) is 0 Å². The zero-order valence-electron chi connectivity index (χ0n) is 15.5. The Bertz CT molecular complexity index is 1310. The van der Waals surface area contributed by atoms with Gasteiger partial charge in [-0.3, -0.25) is 0 Å². The van der Waals surface area contributed by atoms with Crippen LogP contribution in [0.1, 0.15) is 22.3 Å². The lowest BCUT2D eigenvalue weighted by Crippen LogP contribution is -2.11. The van der Waals surface area contributed by atoms with Crippen LogP contribution < -0.4 is 0 Å². The quantitative estimate of drug-likeness (QED) is 0.372. The summed E-state index contributed by atoms with van der Waals surface area (Å²) in [6, 6.07) is 19.7. The fourth-order valence-corrected chi connectivity index (χ4v) is 5.26. The standard InChI is InChI=1S/C25H19N3/c1-3-7-20-16(5-1)18-11-9-14-13-15-10-12-19-17-6-2-4-8-21(17)27-25(19)23(15)28-22(14)24(18)26-20/h1-8,13,26-27H,9-12H2. The van der Waals surface area contributed by atoms with E-state index in [0.29, 0.717) is 0 Å². The highest BCUT2D eigenvalue weighted by molar-refractivity contribution is 5.94. The van der Waals surface area contributed by atoms with Gasteiger partial charge in [-0.1, -0.05) is 42.5 Å². The lowest BCUT2D eigenvalue weighted by Gasteiger charge is -2.22. The Kier molecular flexibility index (Phi) is 2.69. The van der Waals surface area contributed by atoms with Crippen molar-refractivity contribution in [2.75, 3.05) is 0 Å². The van der Waals surface area contributed by atoms with E-state index in [4.69, 9.17) is 4.98 Å². The van der Waals surface area contributed by atoms with Gasteiger partial charge in [-0.25, -0.2) is 4.98 Å². The molecule has 7 rings (SSSR count). The number of nitrogens with zero attached hydrogens (tertiary/aromatic N) is 1. The second-order valence-corrected chi connectivity index (χ2v) is 8.05. The predicted molar refractivity (Wildman–Crippen MR) is 114 cm³/mol. The van der Waals surface area contributed by atoms with Crippen molar-refractivity contribution in [2.45, 2.75) is 25.7 Å². The smallest absolute Gasteiger partial charge is 0.0908 e. The highest BCUT2D eigenvalue weighted by Gasteiger charge is 2.27. The summed E-state index contributed by atoms with van der Waals surface area (Å²) < 4.78 is 0. The summed E-state index contributed by atoms with van der Waals surface area (Å²) in [5, 5.41) is 2.68. The van der Waals surface area contributed by atoms with Crippen molar-refractivity contribution in [2.24, 2.45) is 0 Å². The molecule has 28 heavy (non-hydrogen) atoms. The molecule has 134 valence electrons. The van der Waals surface area contributed by atoms with Gasteiger partial charge in [0.15, 0.2) is 0 Å². The number of aryl methyl sites for hydroxylation is 4. The molecule has 0 atom stereocenters. The monoisotopic (exact) mass is 361 g/mol. The van der Waals surface area contributed by atoms with Gasteiger partial charge in [0, 0.05) is 21.8 Å². The van der Waals surface area contributed by atoms with Crippen LogP contribution in [0.4, 0.5) is 0 Å². The van der Waals surface area contributed by atoms with Gasteiger partial charge in [0.25, 0.3) is 0 Å². The Morgan fingerprint density at radius 3 is 1.64 bits per heavy atom. The molecule has 0 saturated heterocycles. The molecule has 0 amide bonds. The van der Waals surface area contributed by atoms with Crippen molar-refractivity contribution in [3.8, 4) is 22.8 Å². The number of fused-ring (bicyclic) bond motifs is 10. The van der Waals surface area contributed by atoms with E-state index in [1.807, 2.05) is 0 Å². The molecule has 0 saturated carbocycles. The zero-order chi connectivity index (χ0) is 18.2. The Balaban J connectivity index is 1.51. The fourth-order valence-electron chi connectivity index (χ4n) is 5.26. The lowest BCUT2D eigenvalue weighted by atomic mass is 9.87. The van der Waals surface area contributed by atoms with Gasteiger partial charge in [0.05, 0.1) is 22.8 Å². The van der Waals surface area contributed by atoms with Gasteiger partial charge in [0.1, 0.15) is 0 Å². The molecule has 2 aliphatic carbocycles. The van der Waals surface area contributed by atoms with E-state index in [9.17, 15) is 0 Å². The summed E-state index contributed by atoms with van der Waals surface area (Å²) in [5.74, 6) is 0. The van der Waals surface area contributed by atoms with Crippen LogP contribution >= 0.6 is 0 Å². The van der Waals surface area contributed by atoms with Crippen LogP contribution in [0.5, 0.6) is 0 Å². The van der Waals surface area contributed by atoms with Crippen LogP contribution in [0.2, 0.25) is 0 Å². The molecule has 0 spiro atoms. The van der Waals surface area contributed by atoms with E-state index in [0.717, 1.165) is 37.1 Å². The first kappa shape index (κ1) is 14.7. The number of nitrogens with one attached hydrogen (secondary N) is 2. The van der Waals surface area contributed by atoms with E-state index >= 15 is 0 Å². The number of benzene rings is 2. The highest BCUT2D eigenvalue weighted by Crippen LogP contribution is 2.42. The van der Waals surface area contributed by atoms with Gasteiger partial charge in [0.2, 0.25) is 0 Å². The second-order valence-electron chi connectivity index (χ2n) is 8.05. The van der Waals surface area contributed by atoms with Gasteiger partial charge in [-0.05, 0) is 60.1 Å². The molecule has 3 heteroatoms. The minimum absolute atomic E-state index is 1.07. The average Bonchev–Trinajstić information content (AvgIpc) is 3.31. The molecule has 2 N–H and O–H groups in total. The molecule has 0 fully saturated rings. The number of aromatic nitrogens is 3. The van der Waals surface area contributed by atoms with Crippen molar-refractivity contribution >= 4 is 21.8 Å². The largest absolute Gasteiger partial charge is 0.353 e. The Labute approximate surface area is 162 Å². The third-order valence-corrected chi connectivity index (χ3v) is 6.57. The molecular weight excluding hydrogens is 342 g/mol. The van der Waals surface area contributed by atoms with E-state index in [1.165, 1.54) is 55.4 Å². The summed E-state index contributed by atoms with van der Waals surface area (Å²) in [5.41, 5.74) is 12.8. The average molecular weight is 361 g/mol. The summed E-state index contributed by atoms with van der Waals surface area (Å²) in [7, 11) is 0. The molecule has 3 heterocycles. The third-order valence-electron chi connectivity index (χ3n) is 6.57. The van der Waals surface area contributed by atoms with Crippen LogP contribution in [0, 0.1) is 0 Å². The Hall–Kier alpha value is -3.33. The maximum absolute atomic E-state index is 5.26. The van der Waals surface area contributed by atoms with Gasteiger partial charge >= 0.3 is 0 Å². The fraction of sp³-hybridized carbons (Fsp3) is 0.160. The molecule has 3 nitrogen and oxygen atoms in total. The maximum Gasteiger partial charge on any atom is 0.0908 e. The molecule has 3 aromatic heterocycles. The van der Waals surface area contributed by atoms with E-state index in [-0.39, 0.29) is 0 Å². The molecule has 0 bridgehead atoms. The van der Waals surface area contributed by atoms with Crippen LogP contribution in [0.15, 0.2) is 54.6 Å². The first-order valence-corrected chi connectivity index (χ1v) is 10.1. The Morgan fingerprint density at radius 2 is 1.11 bits per heavy atom. The maximum atomic E-state index is 5.26. The molecule has 0 radical (unpaired) electrons. The summed E-state index contributed by atoms with van der Waals surface area (Å²) in [6.45, 7) is 0. The van der Waals surface area contributed by atoms with Crippen LogP contribution in [0.25, 0.3) is 44.6 Å². The first-order chi connectivity index (χ1) is 13.9. The van der Waals surface area contributed by atoms with Crippen molar-refractivity contribution in [1.29, 1.82) is 0 Å². The number of rotatable bonds is 0. The minimum atomic E-state index is 1.07. The number of aromatic amines is 2. The molecule has 2 aliphatic rings. The zero-order valence-corrected chi connectivity index (χ0v) is 15.5. The number of hydrogen-bond acceptors (Lipinski definition) is 1. The summed E-state index contributed by atoms with van der Waals surface area (Å²) in [6.07, 6.45) is 4.32. The van der Waals surface area contributed by atoms with Crippen molar-refractivity contribution < 1.29 is 0 Å².